The van der Waals surface area contributed by atoms with E-state index in [-0.39, 0.29) is 0 Å². The molecule has 136 valence electrons. The molecule has 0 aliphatic rings. The molecule has 0 amide bonds. The van der Waals surface area contributed by atoms with Crippen LogP contribution in [0.2, 0.25) is 0 Å². The number of thiazole rings is 1. The van der Waals surface area contributed by atoms with Crippen molar-refractivity contribution in [3.63, 3.8) is 0 Å². The van der Waals surface area contributed by atoms with Crippen molar-refractivity contribution in [1.82, 2.24) is 20.2 Å². The van der Waals surface area contributed by atoms with Gasteiger partial charge in [-0.3, -0.25) is 4.99 Å². The quantitative estimate of drug-likeness (QED) is 0.444. The fraction of sp³-hybridized carbons (Fsp3) is 0.500. The van der Waals surface area contributed by atoms with E-state index in [2.05, 4.69) is 37.5 Å². The fourth-order valence-electron chi connectivity index (χ4n) is 2.36. The Balaban J connectivity index is 1.94. The maximum absolute atomic E-state index is 5.79. The first kappa shape index (κ1) is 19.2. The monoisotopic (exact) mass is 361 g/mol. The second-order valence-electron chi connectivity index (χ2n) is 5.78. The average Bonchev–Trinajstić information content (AvgIpc) is 3.01. The summed E-state index contributed by atoms with van der Waals surface area (Å²) in [5.41, 5.74) is 2.08. The van der Waals surface area contributed by atoms with Crippen LogP contribution in [0, 0.1) is 6.92 Å². The van der Waals surface area contributed by atoms with Crippen LogP contribution in [0.5, 0.6) is 5.88 Å². The number of guanidine groups is 1. The Kier molecular flexibility index (Phi) is 7.66. The topological polar surface area (TPSA) is 62.6 Å². The Morgan fingerprint density at radius 1 is 1.44 bits per heavy atom. The lowest BCUT2D eigenvalue weighted by Crippen LogP contribution is -2.38. The predicted octanol–water partition coefficient (Wildman–Crippen LogP) is 3.23. The van der Waals surface area contributed by atoms with Crippen LogP contribution in [0.4, 0.5) is 0 Å². The summed E-state index contributed by atoms with van der Waals surface area (Å²) in [6.45, 7) is 6.19. The SMILES string of the molecule is CCCCOc1ncccc1CNC(=NC)N(C)Cc1csc(C)n1. The number of unbranched alkanes of at least 4 members (excludes halogenated alkanes) is 1. The van der Waals surface area contributed by atoms with E-state index in [1.54, 1.807) is 24.6 Å². The summed E-state index contributed by atoms with van der Waals surface area (Å²) in [6.07, 6.45) is 3.89. The van der Waals surface area contributed by atoms with Gasteiger partial charge in [-0.05, 0) is 19.4 Å². The molecule has 0 aliphatic heterocycles. The highest BCUT2D eigenvalue weighted by molar-refractivity contribution is 7.09. The van der Waals surface area contributed by atoms with E-state index in [0.29, 0.717) is 19.0 Å². The van der Waals surface area contributed by atoms with Crippen LogP contribution >= 0.6 is 11.3 Å². The Morgan fingerprint density at radius 2 is 2.28 bits per heavy atom. The standard InChI is InChI=1S/C18H27N5OS/c1-5-6-10-24-17-15(8-7-9-20-17)11-21-18(19-3)23(4)12-16-13-25-14(2)22-16/h7-9,13H,5-6,10-12H2,1-4H3,(H,19,21). The van der Waals surface area contributed by atoms with E-state index in [1.807, 2.05) is 26.1 Å². The lowest BCUT2D eigenvalue weighted by Gasteiger charge is -2.21. The summed E-state index contributed by atoms with van der Waals surface area (Å²) < 4.78 is 5.79. The minimum atomic E-state index is 0.613. The molecular weight excluding hydrogens is 334 g/mol. The highest BCUT2D eigenvalue weighted by Crippen LogP contribution is 2.15. The molecule has 7 heteroatoms. The molecule has 2 heterocycles. The van der Waals surface area contributed by atoms with Gasteiger partial charge in [0.15, 0.2) is 5.96 Å². The van der Waals surface area contributed by atoms with E-state index >= 15 is 0 Å². The van der Waals surface area contributed by atoms with Crippen LogP contribution in [0.3, 0.4) is 0 Å². The molecule has 6 nitrogen and oxygen atoms in total. The van der Waals surface area contributed by atoms with Gasteiger partial charge in [0.05, 0.1) is 23.9 Å². The molecule has 0 aromatic carbocycles. The summed E-state index contributed by atoms with van der Waals surface area (Å²) >= 11 is 1.66. The fourth-order valence-corrected chi connectivity index (χ4v) is 2.96. The molecule has 0 saturated heterocycles. The Labute approximate surface area is 154 Å². The van der Waals surface area contributed by atoms with Crippen LogP contribution in [-0.2, 0) is 13.1 Å². The molecule has 0 unspecified atom stereocenters. The number of pyridine rings is 1. The van der Waals surface area contributed by atoms with Gasteiger partial charge in [0, 0.05) is 37.8 Å². The zero-order valence-electron chi connectivity index (χ0n) is 15.5. The van der Waals surface area contributed by atoms with Crippen LogP contribution in [0.1, 0.15) is 36.0 Å². The number of rotatable bonds is 8. The lowest BCUT2D eigenvalue weighted by molar-refractivity contribution is 0.294. The highest BCUT2D eigenvalue weighted by atomic mass is 32.1. The van der Waals surface area contributed by atoms with Crippen LogP contribution in [0.25, 0.3) is 0 Å². The minimum Gasteiger partial charge on any atom is -0.477 e. The van der Waals surface area contributed by atoms with E-state index in [0.717, 1.165) is 41.6 Å². The van der Waals surface area contributed by atoms with Gasteiger partial charge in [-0.1, -0.05) is 19.4 Å². The molecule has 25 heavy (non-hydrogen) atoms. The minimum absolute atomic E-state index is 0.613. The van der Waals surface area contributed by atoms with Gasteiger partial charge in [0.25, 0.3) is 0 Å². The summed E-state index contributed by atoms with van der Waals surface area (Å²) in [5.74, 6) is 1.51. The van der Waals surface area contributed by atoms with Gasteiger partial charge in [-0.15, -0.1) is 11.3 Å². The van der Waals surface area contributed by atoms with Gasteiger partial charge < -0.3 is 15.0 Å². The Hall–Kier alpha value is -2.15. The molecule has 2 aromatic heterocycles. The molecule has 0 radical (unpaired) electrons. The molecule has 0 spiro atoms. The molecule has 0 fully saturated rings. The zero-order valence-corrected chi connectivity index (χ0v) is 16.3. The van der Waals surface area contributed by atoms with Crippen molar-refractivity contribution in [2.24, 2.45) is 4.99 Å². The second kappa shape index (κ2) is 9.98. The molecule has 0 saturated carbocycles. The Morgan fingerprint density at radius 3 is 2.96 bits per heavy atom. The van der Waals surface area contributed by atoms with Crippen molar-refractivity contribution in [3.8, 4) is 5.88 Å². The second-order valence-corrected chi connectivity index (χ2v) is 6.85. The van der Waals surface area contributed by atoms with Gasteiger partial charge in [-0.2, -0.15) is 0 Å². The summed E-state index contributed by atoms with van der Waals surface area (Å²) in [6, 6.07) is 3.95. The molecule has 1 N–H and O–H groups in total. The third-order valence-electron chi connectivity index (χ3n) is 3.66. The number of ether oxygens (including phenoxy) is 1. The Bertz CT molecular complexity index is 686. The molecule has 0 aliphatic carbocycles. The van der Waals surface area contributed by atoms with Crippen molar-refractivity contribution >= 4 is 17.3 Å². The number of hydrogen-bond acceptors (Lipinski definition) is 5. The number of aryl methyl sites for hydroxylation is 1. The molecular formula is C18H27N5OS. The molecule has 0 atom stereocenters. The smallest absolute Gasteiger partial charge is 0.218 e. The third kappa shape index (κ3) is 6.01. The van der Waals surface area contributed by atoms with Gasteiger partial charge in [0.1, 0.15) is 0 Å². The average molecular weight is 362 g/mol. The maximum Gasteiger partial charge on any atom is 0.218 e. The highest BCUT2D eigenvalue weighted by Gasteiger charge is 2.10. The van der Waals surface area contributed by atoms with Crippen LogP contribution < -0.4 is 10.1 Å². The molecule has 2 aromatic rings. The van der Waals surface area contributed by atoms with Gasteiger partial charge in [0.2, 0.25) is 5.88 Å². The van der Waals surface area contributed by atoms with Gasteiger partial charge >= 0.3 is 0 Å². The first-order chi connectivity index (χ1) is 12.1. The summed E-state index contributed by atoms with van der Waals surface area (Å²) in [7, 11) is 3.79. The largest absolute Gasteiger partial charge is 0.477 e. The van der Waals surface area contributed by atoms with Crippen molar-refractivity contribution < 1.29 is 4.74 Å². The third-order valence-corrected chi connectivity index (χ3v) is 4.49. The van der Waals surface area contributed by atoms with E-state index in [4.69, 9.17) is 4.74 Å². The van der Waals surface area contributed by atoms with Gasteiger partial charge in [-0.25, -0.2) is 9.97 Å². The number of aromatic nitrogens is 2. The van der Waals surface area contributed by atoms with Crippen molar-refractivity contribution in [1.29, 1.82) is 0 Å². The van der Waals surface area contributed by atoms with E-state index in [9.17, 15) is 0 Å². The summed E-state index contributed by atoms with van der Waals surface area (Å²) in [5, 5.41) is 6.54. The zero-order chi connectivity index (χ0) is 18.1. The van der Waals surface area contributed by atoms with E-state index in [1.165, 1.54) is 0 Å². The lowest BCUT2D eigenvalue weighted by atomic mass is 10.2. The normalized spacial score (nSPS) is 11.4. The first-order valence-electron chi connectivity index (χ1n) is 8.53. The number of hydrogen-bond donors (Lipinski definition) is 1. The van der Waals surface area contributed by atoms with Crippen molar-refractivity contribution in [2.75, 3.05) is 20.7 Å². The van der Waals surface area contributed by atoms with Crippen molar-refractivity contribution in [2.45, 2.75) is 39.8 Å². The molecule has 2 rings (SSSR count). The number of aliphatic imine (C=N–C) groups is 1. The summed E-state index contributed by atoms with van der Waals surface area (Å²) in [4.78, 5) is 15.3. The first-order valence-corrected chi connectivity index (χ1v) is 9.41. The predicted molar refractivity (Wildman–Crippen MR) is 103 cm³/mol. The number of nitrogens with one attached hydrogen (secondary N) is 1. The number of nitrogens with zero attached hydrogens (tertiary/aromatic N) is 4. The van der Waals surface area contributed by atoms with Crippen molar-refractivity contribution in [3.05, 3.63) is 40.0 Å². The van der Waals surface area contributed by atoms with E-state index < -0.39 is 0 Å². The maximum atomic E-state index is 5.79. The molecule has 0 bridgehead atoms. The van der Waals surface area contributed by atoms with Crippen LogP contribution in [0.15, 0.2) is 28.7 Å². The van der Waals surface area contributed by atoms with Crippen LogP contribution in [-0.4, -0.2) is 41.5 Å².